The van der Waals surface area contributed by atoms with E-state index in [2.05, 4.69) is 16.9 Å². The Balaban J connectivity index is 2.14. The van der Waals surface area contributed by atoms with Crippen molar-refractivity contribution < 1.29 is 4.79 Å². The Morgan fingerprint density at radius 2 is 2.06 bits per heavy atom. The van der Waals surface area contributed by atoms with E-state index in [9.17, 15) is 4.79 Å². The molecular weight excluding hydrogens is 268 g/mol. The number of Topliss-reactive ketones (excluding diaryl/α,β-unsaturated/α-hetero) is 1. The van der Waals surface area contributed by atoms with Crippen LogP contribution in [-0.4, -0.2) is 10.8 Å². The SMILES string of the molecule is C=C(C(C)=O)c1csc(Nc2ccc(Cl)cc2)n1. The quantitative estimate of drug-likeness (QED) is 0.855. The topological polar surface area (TPSA) is 42.0 Å². The Bertz CT molecular complexity index is 589. The van der Waals surface area contributed by atoms with Crippen LogP contribution in [0.5, 0.6) is 0 Å². The highest BCUT2D eigenvalue weighted by Crippen LogP contribution is 2.25. The third-order valence-corrected chi connectivity index (χ3v) is 3.34. The van der Waals surface area contributed by atoms with E-state index < -0.39 is 0 Å². The normalized spacial score (nSPS) is 10.1. The highest BCUT2D eigenvalue weighted by atomic mass is 35.5. The van der Waals surface area contributed by atoms with Gasteiger partial charge in [-0.05, 0) is 31.2 Å². The van der Waals surface area contributed by atoms with Gasteiger partial charge in [-0.1, -0.05) is 18.2 Å². The number of halogens is 1. The second-order valence-electron chi connectivity index (χ2n) is 3.70. The number of nitrogens with zero attached hydrogens (tertiary/aromatic N) is 1. The molecular formula is C13H11ClN2OS. The van der Waals surface area contributed by atoms with Gasteiger partial charge in [0, 0.05) is 21.7 Å². The molecule has 1 aromatic heterocycles. The maximum absolute atomic E-state index is 11.2. The number of hydrogen-bond donors (Lipinski definition) is 1. The lowest BCUT2D eigenvalue weighted by Gasteiger charge is -2.01. The molecule has 0 fully saturated rings. The van der Waals surface area contributed by atoms with Gasteiger partial charge in [-0.15, -0.1) is 11.3 Å². The number of hydrogen-bond acceptors (Lipinski definition) is 4. The fourth-order valence-electron chi connectivity index (χ4n) is 1.31. The first kappa shape index (κ1) is 12.8. The van der Waals surface area contributed by atoms with E-state index in [1.807, 2.05) is 17.5 Å². The van der Waals surface area contributed by atoms with E-state index in [-0.39, 0.29) is 5.78 Å². The second kappa shape index (κ2) is 5.33. The number of allylic oxidation sites excluding steroid dienone is 1. The summed E-state index contributed by atoms with van der Waals surface area (Å²) in [5, 5.41) is 6.35. The van der Waals surface area contributed by atoms with Gasteiger partial charge in [-0.25, -0.2) is 4.98 Å². The third-order valence-electron chi connectivity index (χ3n) is 2.33. The van der Waals surface area contributed by atoms with Gasteiger partial charge < -0.3 is 5.32 Å². The Morgan fingerprint density at radius 3 is 2.67 bits per heavy atom. The first-order chi connectivity index (χ1) is 8.56. The Labute approximate surface area is 114 Å². The van der Waals surface area contributed by atoms with Crippen LogP contribution in [-0.2, 0) is 4.79 Å². The highest BCUT2D eigenvalue weighted by molar-refractivity contribution is 7.13. The van der Waals surface area contributed by atoms with Gasteiger partial charge in [0.25, 0.3) is 0 Å². The number of carbonyl (C=O) groups is 1. The molecule has 1 heterocycles. The number of carbonyl (C=O) groups excluding carboxylic acids is 1. The van der Waals surface area contributed by atoms with Crippen molar-refractivity contribution >= 4 is 45.1 Å². The molecule has 2 aromatic rings. The van der Waals surface area contributed by atoms with E-state index in [0.717, 1.165) is 10.8 Å². The van der Waals surface area contributed by atoms with Gasteiger partial charge >= 0.3 is 0 Å². The zero-order valence-corrected chi connectivity index (χ0v) is 11.3. The van der Waals surface area contributed by atoms with Crippen molar-refractivity contribution in [3.05, 3.63) is 46.9 Å². The molecule has 0 aliphatic rings. The number of anilines is 2. The van der Waals surface area contributed by atoms with E-state index in [1.54, 1.807) is 12.1 Å². The summed E-state index contributed by atoms with van der Waals surface area (Å²) in [7, 11) is 0. The first-order valence-corrected chi connectivity index (χ1v) is 6.50. The maximum atomic E-state index is 11.2. The first-order valence-electron chi connectivity index (χ1n) is 5.24. The van der Waals surface area contributed by atoms with Crippen molar-refractivity contribution in [3.63, 3.8) is 0 Å². The molecule has 0 radical (unpaired) electrons. The van der Waals surface area contributed by atoms with Crippen LogP contribution in [0, 0.1) is 0 Å². The van der Waals surface area contributed by atoms with Crippen LogP contribution in [0.15, 0.2) is 36.2 Å². The van der Waals surface area contributed by atoms with Crippen molar-refractivity contribution in [2.24, 2.45) is 0 Å². The van der Waals surface area contributed by atoms with Crippen molar-refractivity contribution in [1.29, 1.82) is 0 Å². The summed E-state index contributed by atoms with van der Waals surface area (Å²) in [4.78, 5) is 15.5. The van der Waals surface area contributed by atoms with Gasteiger partial charge in [0.15, 0.2) is 10.9 Å². The third kappa shape index (κ3) is 2.97. The Hall–Kier alpha value is -1.65. The molecule has 0 saturated carbocycles. The Morgan fingerprint density at radius 1 is 1.39 bits per heavy atom. The number of ketones is 1. The number of rotatable bonds is 4. The molecule has 18 heavy (non-hydrogen) atoms. The predicted molar refractivity (Wildman–Crippen MR) is 76.6 cm³/mol. The summed E-state index contributed by atoms with van der Waals surface area (Å²) in [6.07, 6.45) is 0. The molecule has 0 aliphatic carbocycles. The van der Waals surface area contributed by atoms with Crippen LogP contribution in [0.4, 0.5) is 10.8 Å². The maximum Gasteiger partial charge on any atom is 0.187 e. The van der Waals surface area contributed by atoms with Gasteiger partial charge in [0.05, 0.1) is 5.69 Å². The van der Waals surface area contributed by atoms with Gasteiger partial charge in [0.1, 0.15) is 0 Å². The lowest BCUT2D eigenvalue weighted by molar-refractivity contribution is -0.111. The van der Waals surface area contributed by atoms with Crippen LogP contribution in [0.3, 0.4) is 0 Å². The molecule has 1 N–H and O–H groups in total. The average molecular weight is 279 g/mol. The molecule has 0 spiro atoms. The lowest BCUT2D eigenvalue weighted by atomic mass is 10.2. The van der Waals surface area contributed by atoms with Crippen molar-refractivity contribution in [2.75, 3.05) is 5.32 Å². The lowest BCUT2D eigenvalue weighted by Crippen LogP contribution is -1.95. The number of aromatic nitrogens is 1. The van der Waals surface area contributed by atoms with E-state index >= 15 is 0 Å². The largest absolute Gasteiger partial charge is 0.332 e. The minimum atomic E-state index is -0.0710. The van der Waals surface area contributed by atoms with Crippen molar-refractivity contribution in [1.82, 2.24) is 4.98 Å². The number of nitrogens with one attached hydrogen (secondary N) is 1. The van der Waals surface area contributed by atoms with Crippen molar-refractivity contribution in [3.8, 4) is 0 Å². The number of benzene rings is 1. The summed E-state index contributed by atoms with van der Waals surface area (Å²) in [5.41, 5.74) is 1.94. The highest BCUT2D eigenvalue weighted by Gasteiger charge is 2.09. The molecule has 92 valence electrons. The van der Waals surface area contributed by atoms with Crippen LogP contribution in [0.2, 0.25) is 5.02 Å². The predicted octanol–water partition coefficient (Wildman–Crippen LogP) is 4.14. The van der Waals surface area contributed by atoms with E-state index in [4.69, 9.17) is 11.6 Å². The number of thiazole rings is 1. The van der Waals surface area contributed by atoms with Gasteiger partial charge in [-0.3, -0.25) is 4.79 Å². The zero-order valence-electron chi connectivity index (χ0n) is 9.74. The minimum absolute atomic E-state index is 0.0710. The summed E-state index contributed by atoms with van der Waals surface area (Å²) in [5.74, 6) is -0.0710. The van der Waals surface area contributed by atoms with Gasteiger partial charge in [0.2, 0.25) is 0 Å². The average Bonchev–Trinajstić information content (AvgIpc) is 2.79. The summed E-state index contributed by atoms with van der Waals surface area (Å²) < 4.78 is 0. The smallest absolute Gasteiger partial charge is 0.187 e. The van der Waals surface area contributed by atoms with E-state index in [0.29, 0.717) is 16.3 Å². The van der Waals surface area contributed by atoms with Crippen LogP contribution >= 0.6 is 22.9 Å². The fraction of sp³-hybridized carbons (Fsp3) is 0.0769. The zero-order chi connectivity index (χ0) is 13.1. The molecule has 0 aliphatic heterocycles. The molecule has 0 bridgehead atoms. The van der Waals surface area contributed by atoms with Crippen LogP contribution < -0.4 is 5.32 Å². The van der Waals surface area contributed by atoms with Crippen molar-refractivity contribution in [2.45, 2.75) is 6.92 Å². The summed E-state index contributed by atoms with van der Waals surface area (Å²) in [6, 6.07) is 7.33. The van der Waals surface area contributed by atoms with Crippen LogP contribution in [0.1, 0.15) is 12.6 Å². The Kier molecular flexibility index (Phi) is 3.79. The summed E-state index contributed by atoms with van der Waals surface area (Å²) in [6.45, 7) is 5.19. The molecule has 3 nitrogen and oxygen atoms in total. The monoisotopic (exact) mass is 278 g/mol. The molecule has 2 rings (SSSR count). The molecule has 0 amide bonds. The molecule has 5 heteroatoms. The fourth-order valence-corrected chi connectivity index (χ4v) is 2.18. The summed E-state index contributed by atoms with van der Waals surface area (Å²) >= 11 is 7.23. The van der Waals surface area contributed by atoms with E-state index in [1.165, 1.54) is 18.3 Å². The molecule has 0 unspecified atom stereocenters. The van der Waals surface area contributed by atoms with Gasteiger partial charge in [-0.2, -0.15) is 0 Å². The molecule has 0 saturated heterocycles. The molecule has 0 atom stereocenters. The second-order valence-corrected chi connectivity index (χ2v) is 5.00. The molecule has 1 aromatic carbocycles. The minimum Gasteiger partial charge on any atom is -0.332 e. The van der Waals surface area contributed by atoms with Crippen LogP contribution in [0.25, 0.3) is 5.57 Å². The standard InChI is InChI=1S/C13H11ClN2OS/c1-8(9(2)17)12-7-18-13(16-12)15-11-5-3-10(14)4-6-11/h3-7H,1H2,2H3,(H,15,16).